The van der Waals surface area contributed by atoms with Gasteiger partial charge in [-0.15, -0.1) is 0 Å². The predicted molar refractivity (Wildman–Crippen MR) is 131 cm³/mol. The Morgan fingerprint density at radius 2 is 1.76 bits per heavy atom. The van der Waals surface area contributed by atoms with Gasteiger partial charge in [0.25, 0.3) is 5.91 Å². The second kappa shape index (κ2) is 10.8. The number of likely N-dealkylation sites (N-methyl/N-ethyl adjacent to an activating group) is 1. The van der Waals surface area contributed by atoms with Crippen molar-refractivity contribution in [3.8, 4) is 0 Å². The Balaban J connectivity index is 1.64. The van der Waals surface area contributed by atoms with E-state index in [9.17, 15) is 14.4 Å². The highest BCUT2D eigenvalue weighted by atomic mass is 16.2. The fraction of sp³-hybridized carbons (Fsp3) is 0.462. The minimum atomic E-state index is -0.734. The molecule has 3 N–H and O–H groups in total. The summed E-state index contributed by atoms with van der Waals surface area (Å²) in [5, 5.41) is 8.87. The third-order valence-electron chi connectivity index (χ3n) is 6.91. The van der Waals surface area contributed by atoms with Gasteiger partial charge in [-0.1, -0.05) is 43.5 Å². The van der Waals surface area contributed by atoms with Gasteiger partial charge in [0, 0.05) is 18.3 Å². The number of pyridine rings is 1. The summed E-state index contributed by atoms with van der Waals surface area (Å²) >= 11 is 0. The average Bonchev–Trinajstić information content (AvgIpc) is 3.27. The standard InChI is InChI=1S/C26H33N5O3/c1-17(27-2)24(32)30-22(18-10-5-3-6-11-18)26(34)31-21(16-19-12-9-15-28-23(19)31)25(33)29-20-13-7-4-8-14-20/h4,7-9,12-15,17-18,21-22,27H,3,5-6,10-11,16H2,1-2H3,(H,29,33)(H,30,32)/t17-,21+,22?/m0/s1. The van der Waals surface area contributed by atoms with Crippen LogP contribution < -0.4 is 20.9 Å². The fourth-order valence-corrected chi connectivity index (χ4v) is 4.88. The van der Waals surface area contributed by atoms with E-state index in [2.05, 4.69) is 20.9 Å². The van der Waals surface area contributed by atoms with Crippen LogP contribution in [0.2, 0.25) is 0 Å². The van der Waals surface area contributed by atoms with Crippen LogP contribution in [0.4, 0.5) is 11.5 Å². The average molecular weight is 464 g/mol. The van der Waals surface area contributed by atoms with Gasteiger partial charge in [0.1, 0.15) is 17.9 Å². The van der Waals surface area contributed by atoms with Crippen LogP contribution in [-0.2, 0) is 20.8 Å². The number of amides is 3. The summed E-state index contributed by atoms with van der Waals surface area (Å²) < 4.78 is 0. The predicted octanol–water partition coefficient (Wildman–Crippen LogP) is 2.65. The summed E-state index contributed by atoms with van der Waals surface area (Å²) in [4.78, 5) is 46.2. The third kappa shape index (κ3) is 5.12. The molecule has 3 atom stereocenters. The molecule has 0 spiro atoms. The highest BCUT2D eigenvalue weighted by Gasteiger charge is 2.44. The van der Waals surface area contributed by atoms with Gasteiger partial charge in [0.15, 0.2) is 0 Å². The van der Waals surface area contributed by atoms with Crippen molar-refractivity contribution in [3.05, 3.63) is 54.2 Å². The molecule has 8 heteroatoms. The lowest BCUT2D eigenvalue weighted by molar-refractivity contribution is -0.131. The maximum atomic E-state index is 14.1. The molecule has 0 bridgehead atoms. The van der Waals surface area contributed by atoms with Crippen molar-refractivity contribution in [1.29, 1.82) is 0 Å². The maximum Gasteiger partial charge on any atom is 0.251 e. The zero-order valence-corrected chi connectivity index (χ0v) is 19.8. The molecule has 2 aliphatic rings. The Hall–Kier alpha value is -3.26. The van der Waals surface area contributed by atoms with Gasteiger partial charge in [-0.2, -0.15) is 0 Å². The first kappa shape index (κ1) is 23.9. The molecule has 1 aromatic heterocycles. The van der Waals surface area contributed by atoms with Crippen molar-refractivity contribution in [2.24, 2.45) is 5.92 Å². The van der Waals surface area contributed by atoms with E-state index in [4.69, 9.17) is 0 Å². The summed E-state index contributed by atoms with van der Waals surface area (Å²) in [5.41, 5.74) is 1.52. The summed E-state index contributed by atoms with van der Waals surface area (Å²) in [5.74, 6) is -0.237. The van der Waals surface area contributed by atoms with E-state index in [0.29, 0.717) is 17.9 Å². The smallest absolute Gasteiger partial charge is 0.251 e. The molecule has 1 fully saturated rings. The van der Waals surface area contributed by atoms with Crippen LogP contribution in [0.25, 0.3) is 0 Å². The van der Waals surface area contributed by atoms with Gasteiger partial charge < -0.3 is 16.0 Å². The summed E-state index contributed by atoms with van der Waals surface area (Å²) in [6.45, 7) is 1.76. The number of anilines is 2. The maximum absolute atomic E-state index is 14.1. The molecule has 180 valence electrons. The lowest BCUT2D eigenvalue weighted by atomic mass is 9.83. The molecule has 2 heterocycles. The minimum Gasteiger partial charge on any atom is -0.343 e. The zero-order chi connectivity index (χ0) is 24.1. The Labute approximate surface area is 200 Å². The fourth-order valence-electron chi connectivity index (χ4n) is 4.88. The van der Waals surface area contributed by atoms with E-state index in [1.807, 2.05) is 42.5 Å². The number of benzene rings is 1. The van der Waals surface area contributed by atoms with Crippen LogP contribution in [-0.4, -0.2) is 47.9 Å². The van der Waals surface area contributed by atoms with Crippen LogP contribution in [0.5, 0.6) is 0 Å². The van der Waals surface area contributed by atoms with Crippen LogP contribution >= 0.6 is 0 Å². The number of carbonyl (C=O) groups is 3. The Kier molecular flexibility index (Phi) is 7.57. The molecule has 1 saturated carbocycles. The number of hydrogen-bond donors (Lipinski definition) is 3. The Morgan fingerprint density at radius 3 is 2.47 bits per heavy atom. The van der Waals surface area contributed by atoms with Gasteiger partial charge >= 0.3 is 0 Å². The molecule has 8 nitrogen and oxygen atoms in total. The second-order valence-corrected chi connectivity index (χ2v) is 9.16. The molecular weight excluding hydrogens is 430 g/mol. The van der Waals surface area contributed by atoms with Crippen molar-refractivity contribution in [1.82, 2.24) is 15.6 Å². The summed E-state index contributed by atoms with van der Waals surface area (Å²) in [7, 11) is 1.71. The molecule has 0 radical (unpaired) electrons. The van der Waals surface area contributed by atoms with Gasteiger partial charge in [-0.05, 0) is 56.5 Å². The van der Waals surface area contributed by atoms with Crippen LogP contribution in [0.3, 0.4) is 0 Å². The second-order valence-electron chi connectivity index (χ2n) is 9.16. The van der Waals surface area contributed by atoms with E-state index >= 15 is 0 Å². The van der Waals surface area contributed by atoms with Crippen LogP contribution in [0.15, 0.2) is 48.7 Å². The highest BCUT2D eigenvalue weighted by molar-refractivity contribution is 6.09. The molecule has 2 aromatic rings. The number of aromatic nitrogens is 1. The molecule has 1 aromatic carbocycles. The monoisotopic (exact) mass is 463 g/mol. The molecule has 4 rings (SSSR count). The summed E-state index contributed by atoms with van der Waals surface area (Å²) in [6, 6.07) is 11.0. The quantitative estimate of drug-likeness (QED) is 0.586. The van der Waals surface area contributed by atoms with Crippen molar-refractivity contribution >= 4 is 29.2 Å². The number of nitrogens with zero attached hydrogens (tertiary/aromatic N) is 2. The molecule has 1 aliphatic carbocycles. The Morgan fingerprint density at radius 1 is 1.03 bits per heavy atom. The van der Waals surface area contributed by atoms with Crippen molar-refractivity contribution < 1.29 is 14.4 Å². The zero-order valence-electron chi connectivity index (χ0n) is 19.8. The molecule has 1 unspecified atom stereocenters. The lowest BCUT2D eigenvalue weighted by Gasteiger charge is -2.35. The van der Waals surface area contributed by atoms with Gasteiger partial charge in [0.05, 0.1) is 6.04 Å². The van der Waals surface area contributed by atoms with Gasteiger partial charge in [-0.25, -0.2) is 4.98 Å². The van der Waals surface area contributed by atoms with Gasteiger partial charge in [0.2, 0.25) is 11.8 Å². The van der Waals surface area contributed by atoms with Crippen molar-refractivity contribution in [2.75, 3.05) is 17.3 Å². The first-order chi connectivity index (χ1) is 16.5. The molecular formula is C26H33N5O3. The molecule has 0 saturated heterocycles. The van der Waals surface area contributed by atoms with Crippen LogP contribution in [0.1, 0.15) is 44.6 Å². The molecule has 3 amide bonds. The molecule has 34 heavy (non-hydrogen) atoms. The minimum absolute atomic E-state index is 0.0276. The Bertz CT molecular complexity index is 1020. The molecule has 1 aliphatic heterocycles. The first-order valence-electron chi connectivity index (χ1n) is 12.1. The number of hydrogen-bond acceptors (Lipinski definition) is 5. The van der Waals surface area contributed by atoms with E-state index in [-0.39, 0.29) is 23.6 Å². The van der Waals surface area contributed by atoms with E-state index < -0.39 is 18.1 Å². The van der Waals surface area contributed by atoms with Crippen molar-refractivity contribution in [3.63, 3.8) is 0 Å². The number of para-hydroxylation sites is 1. The van der Waals surface area contributed by atoms with E-state index in [1.54, 1.807) is 20.2 Å². The van der Waals surface area contributed by atoms with Crippen LogP contribution in [0, 0.1) is 5.92 Å². The number of carbonyl (C=O) groups excluding carboxylic acids is 3. The number of fused-ring (bicyclic) bond motifs is 1. The van der Waals surface area contributed by atoms with E-state index in [0.717, 1.165) is 37.7 Å². The number of rotatable bonds is 7. The van der Waals surface area contributed by atoms with Crippen molar-refractivity contribution in [2.45, 2.75) is 63.6 Å². The first-order valence-corrected chi connectivity index (χ1v) is 12.1. The van der Waals surface area contributed by atoms with E-state index in [1.165, 1.54) is 4.90 Å². The van der Waals surface area contributed by atoms with Gasteiger partial charge in [-0.3, -0.25) is 19.3 Å². The topological polar surface area (TPSA) is 103 Å². The third-order valence-corrected chi connectivity index (χ3v) is 6.91. The largest absolute Gasteiger partial charge is 0.343 e. The highest BCUT2D eigenvalue weighted by Crippen LogP contribution is 2.34. The lowest BCUT2D eigenvalue weighted by Crippen LogP contribution is -2.58. The summed E-state index contributed by atoms with van der Waals surface area (Å²) in [6.07, 6.45) is 6.94. The SMILES string of the molecule is CN[C@@H](C)C(=O)NC(C(=O)N1c2ncccc2C[C@@H]1C(=O)Nc1ccccc1)C1CCCCC1. The number of nitrogens with one attached hydrogen (secondary N) is 3. The normalized spacial score (nSPS) is 19.7.